The minimum Gasteiger partial charge on any atom is -0.207 e. The second kappa shape index (κ2) is 6.65. The molecule has 2 aromatic carbocycles. The molecular weight excluding hydrogens is 373 g/mol. The van der Waals surface area contributed by atoms with Crippen LogP contribution >= 0.6 is 35.0 Å². The third-order valence-corrected chi connectivity index (χ3v) is 7.52. The minimum atomic E-state index is -3.56. The van der Waals surface area contributed by atoms with Crippen molar-refractivity contribution in [1.82, 2.24) is 4.31 Å². The molecule has 1 unspecified atom stereocenters. The monoisotopic (exact) mass is 387 g/mol. The van der Waals surface area contributed by atoms with Gasteiger partial charge in [0.25, 0.3) is 0 Å². The number of hydrogen-bond acceptors (Lipinski definition) is 3. The molecule has 0 radical (unpaired) electrons. The van der Waals surface area contributed by atoms with E-state index in [9.17, 15) is 8.42 Å². The van der Waals surface area contributed by atoms with E-state index in [1.54, 1.807) is 54.2 Å². The summed E-state index contributed by atoms with van der Waals surface area (Å²) in [5.41, 5.74) is 1.80. The maximum Gasteiger partial charge on any atom is 0.244 e. The van der Waals surface area contributed by atoms with Gasteiger partial charge in [-0.3, -0.25) is 0 Å². The van der Waals surface area contributed by atoms with E-state index in [1.807, 2.05) is 6.92 Å². The fourth-order valence-corrected chi connectivity index (χ4v) is 6.34. The molecule has 1 heterocycles. The molecule has 23 heavy (non-hydrogen) atoms. The average molecular weight is 388 g/mol. The lowest BCUT2D eigenvalue weighted by Gasteiger charge is -2.24. The summed E-state index contributed by atoms with van der Waals surface area (Å²) in [6.45, 7) is 2.39. The fraction of sp³-hybridized carbons (Fsp3) is 0.250. The van der Waals surface area contributed by atoms with Crippen LogP contribution in [0.4, 0.5) is 0 Å². The lowest BCUT2D eigenvalue weighted by molar-refractivity contribution is 0.434. The van der Waals surface area contributed by atoms with E-state index >= 15 is 0 Å². The molecule has 0 amide bonds. The minimum absolute atomic E-state index is 0.306. The predicted molar refractivity (Wildman–Crippen MR) is 96.7 cm³/mol. The molecule has 1 saturated heterocycles. The molecule has 0 spiro atoms. The molecule has 0 saturated carbocycles. The van der Waals surface area contributed by atoms with Gasteiger partial charge in [0, 0.05) is 22.3 Å². The molecule has 122 valence electrons. The Labute approximate surface area is 150 Å². The summed E-state index contributed by atoms with van der Waals surface area (Å²) in [6.07, 6.45) is 0. The highest BCUT2D eigenvalue weighted by Gasteiger charge is 2.37. The number of benzene rings is 2. The van der Waals surface area contributed by atoms with Gasteiger partial charge in [0.05, 0.1) is 10.3 Å². The number of rotatable bonds is 3. The van der Waals surface area contributed by atoms with Crippen LogP contribution < -0.4 is 0 Å². The zero-order valence-electron chi connectivity index (χ0n) is 12.4. The number of sulfonamides is 1. The Hall–Kier alpha value is -0.720. The molecular formula is C16H15Cl2NO2S2. The first-order chi connectivity index (χ1) is 10.9. The van der Waals surface area contributed by atoms with Crippen molar-refractivity contribution in [1.29, 1.82) is 0 Å². The van der Waals surface area contributed by atoms with Crippen LogP contribution in [0.15, 0.2) is 47.4 Å². The van der Waals surface area contributed by atoms with Gasteiger partial charge in [-0.15, -0.1) is 11.8 Å². The van der Waals surface area contributed by atoms with Crippen molar-refractivity contribution in [3.8, 4) is 0 Å². The van der Waals surface area contributed by atoms with Crippen molar-refractivity contribution in [3.05, 3.63) is 63.6 Å². The van der Waals surface area contributed by atoms with Gasteiger partial charge in [-0.25, -0.2) is 8.42 Å². The molecule has 1 atom stereocenters. The van der Waals surface area contributed by atoms with E-state index in [2.05, 4.69) is 0 Å². The fourth-order valence-electron chi connectivity index (χ4n) is 2.49. The van der Waals surface area contributed by atoms with E-state index in [1.165, 1.54) is 4.31 Å². The van der Waals surface area contributed by atoms with Crippen LogP contribution in [0.5, 0.6) is 0 Å². The zero-order chi connectivity index (χ0) is 16.6. The Balaban J connectivity index is 1.99. The van der Waals surface area contributed by atoms with Gasteiger partial charge < -0.3 is 0 Å². The molecule has 7 heteroatoms. The molecule has 1 aliphatic rings. The molecule has 1 fully saturated rings. The van der Waals surface area contributed by atoms with Crippen molar-refractivity contribution in [3.63, 3.8) is 0 Å². The second-order valence-electron chi connectivity index (χ2n) is 5.32. The van der Waals surface area contributed by atoms with Crippen molar-refractivity contribution < 1.29 is 8.42 Å². The Morgan fingerprint density at radius 1 is 1.13 bits per heavy atom. The van der Waals surface area contributed by atoms with Crippen LogP contribution in [0.2, 0.25) is 10.0 Å². The van der Waals surface area contributed by atoms with E-state index in [0.29, 0.717) is 21.5 Å². The summed E-state index contributed by atoms with van der Waals surface area (Å²) in [7, 11) is -3.56. The third-order valence-electron chi connectivity index (χ3n) is 3.71. The van der Waals surface area contributed by atoms with Crippen LogP contribution in [0.1, 0.15) is 16.5 Å². The molecule has 0 aliphatic carbocycles. The van der Waals surface area contributed by atoms with Gasteiger partial charge in [0.1, 0.15) is 0 Å². The lowest BCUT2D eigenvalue weighted by Crippen LogP contribution is -2.30. The van der Waals surface area contributed by atoms with E-state index in [4.69, 9.17) is 23.2 Å². The van der Waals surface area contributed by atoms with Gasteiger partial charge in [-0.1, -0.05) is 47.0 Å². The number of hydrogen-bond donors (Lipinski definition) is 0. The summed E-state index contributed by atoms with van der Waals surface area (Å²) in [6, 6.07) is 12.1. The maximum atomic E-state index is 13.0. The molecule has 3 rings (SSSR count). The Kier molecular flexibility index (Phi) is 4.95. The van der Waals surface area contributed by atoms with Gasteiger partial charge in [0.15, 0.2) is 0 Å². The van der Waals surface area contributed by atoms with Crippen LogP contribution in [-0.4, -0.2) is 25.0 Å². The molecule has 2 aromatic rings. The normalized spacial score (nSPS) is 19.2. The number of halogens is 2. The number of thioether (sulfide) groups is 1. The highest BCUT2D eigenvalue weighted by atomic mass is 35.5. The highest BCUT2D eigenvalue weighted by molar-refractivity contribution is 8.01. The summed E-state index contributed by atoms with van der Waals surface area (Å²) < 4.78 is 27.4. The van der Waals surface area contributed by atoms with Gasteiger partial charge >= 0.3 is 0 Å². The van der Waals surface area contributed by atoms with Crippen molar-refractivity contribution in [2.45, 2.75) is 17.2 Å². The molecule has 0 aromatic heterocycles. The van der Waals surface area contributed by atoms with Crippen LogP contribution in [0.25, 0.3) is 0 Å². The Morgan fingerprint density at radius 2 is 1.83 bits per heavy atom. The van der Waals surface area contributed by atoms with Crippen molar-refractivity contribution >= 4 is 45.0 Å². The van der Waals surface area contributed by atoms with Gasteiger partial charge in [-0.2, -0.15) is 4.31 Å². The van der Waals surface area contributed by atoms with Crippen LogP contribution in [0, 0.1) is 6.92 Å². The first kappa shape index (κ1) is 17.1. The molecule has 0 N–H and O–H groups in total. The quantitative estimate of drug-likeness (QED) is 0.762. The van der Waals surface area contributed by atoms with E-state index in [-0.39, 0.29) is 5.37 Å². The third kappa shape index (κ3) is 3.39. The number of aryl methyl sites for hydroxylation is 1. The lowest BCUT2D eigenvalue weighted by atomic mass is 10.2. The van der Waals surface area contributed by atoms with Gasteiger partial charge in [-0.05, 0) is 36.8 Å². The predicted octanol–water partition coefficient (Wildman–Crippen LogP) is 4.74. The SMILES string of the molecule is Cc1ccc(S(=O)(=O)N2CCSC2c2ccc(Cl)cc2Cl)cc1. The van der Waals surface area contributed by atoms with Gasteiger partial charge in [0.2, 0.25) is 10.0 Å². The average Bonchev–Trinajstić information content (AvgIpc) is 2.97. The summed E-state index contributed by atoms with van der Waals surface area (Å²) in [5.74, 6) is 0.731. The largest absolute Gasteiger partial charge is 0.244 e. The summed E-state index contributed by atoms with van der Waals surface area (Å²) in [5, 5.41) is 0.696. The second-order valence-corrected chi connectivity index (χ2v) is 9.24. The Bertz CT molecular complexity index is 822. The Morgan fingerprint density at radius 3 is 2.48 bits per heavy atom. The highest BCUT2D eigenvalue weighted by Crippen LogP contribution is 2.44. The van der Waals surface area contributed by atoms with Crippen molar-refractivity contribution in [2.24, 2.45) is 0 Å². The van der Waals surface area contributed by atoms with E-state index < -0.39 is 10.0 Å². The smallest absolute Gasteiger partial charge is 0.207 e. The number of nitrogens with zero attached hydrogens (tertiary/aromatic N) is 1. The molecule has 3 nitrogen and oxygen atoms in total. The first-order valence-electron chi connectivity index (χ1n) is 7.04. The summed E-state index contributed by atoms with van der Waals surface area (Å²) in [4.78, 5) is 0.306. The van der Waals surface area contributed by atoms with E-state index in [0.717, 1.165) is 16.9 Å². The van der Waals surface area contributed by atoms with Crippen LogP contribution in [-0.2, 0) is 10.0 Å². The molecule has 1 aliphatic heterocycles. The molecule has 0 bridgehead atoms. The standard InChI is InChI=1S/C16H15Cl2NO2S2/c1-11-2-5-13(6-3-11)23(20,21)19-8-9-22-16(19)14-7-4-12(17)10-15(14)18/h2-7,10,16H,8-9H2,1H3. The maximum absolute atomic E-state index is 13.0. The zero-order valence-corrected chi connectivity index (χ0v) is 15.5. The first-order valence-corrected chi connectivity index (χ1v) is 10.3. The summed E-state index contributed by atoms with van der Waals surface area (Å²) >= 11 is 13.8. The van der Waals surface area contributed by atoms with Crippen molar-refractivity contribution in [2.75, 3.05) is 12.3 Å². The van der Waals surface area contributed by atoms with Crippen LogP contribution in [0.3, 0.4) is 0 Å². The topological polar surface area (TPSA) is 37.4 Å².